The molecule has 2 aromatic carbocycles. The smallest absolute Gasteiger partial charge is 0.234 e. The first-order valence-electron chi connectivity index (χ1n) is 14.2. The van der Waals surface area contributed by atoms with Crippen molar-refractivity contribution in [2.24, 2.45) is 0 Å². The summed E-state index contributed by atoms with van der Waals surface area (Å²) in [6.07, 6.45) is 9.50. The van der Waals surface area contributed by atoms with Gasteiger partial charge in [0, 0.05) is 38.8 Å². The van der Waals surface area contributed by atoms with Crippen LogP contribution in [0.3, 0.4) is 0 Å². The first-order chi connectivity index (χ1) is 18.1. The van der Waals surface area contributed by atoms with Gasteiger partial charge in [0.05, 0.1) is 6.54 Å². The van der Waals surface area contributed by atoms with E-state index in [9.17, 15) is 9.59 Å². The molecule has 1 N–H and O–H groups in total. The van der Waals surface area contributed by atoms with Crippen LogP contribution in [0.15, 0.2) is 48.5 Å². The lowest BCUT2D eigenvalue weighted by Crippen LogP contribution is -2.38. The Balaban J connectivity index is 1.37. The number of rotatable bonds is 6. The summed E-state index contributed by atoms with van der Waals surface area (Å²) in [6, 6.07) is 16.8. The largest absolute Gasteiger partial charge is 0.351 e. The lowest BCUT2D eigenvalue weighted by molar-refractivity contribution is -0.122. The maximum absolute atomic E-state index is 13.0. The van der Waals surface area contributed by atoms with Crippen molar-refractivity contribution in [2.45, 2.75) is 77.9 Å². The monoisotopic (exact) mass is 504 g/mol. The molecule has 37 heavy (non-hydrogen) atoms. The molecule has 0 atom stereocenters. The molecule has 0 bridgehead atoms. The van der Waals surface area contributed by atoms with Gasteiger partial charge in [-0.25, -0.2) is 0 Å². The highest BCUT2D eigenvalue weighted by atomic mass is 16.2. The van der Waals surface area contributed by atoms with Gasteiger partial charge in [-0.1, -0.05) is 68.1 Å². The third kappa shape index (κ3) is 8.68. The Morgan fingerprint density at radius 2 is 1.41 bits per heavy atom. The predicted octanol–water partition coefficient (Wildman–Crippen LogP) is 5.11. The number of carbonyl (C=O) groups excluding carboxylic acids is 2. The van der Waals surface area contributed by atoms with Gasteiger partial charge in [0.1, 0.15) is 0 Å². The minimum absolute atomic E-state index is 0.0504. The SMILES string of the molecule is CC(=O)N1CCCCCCCN(CC(=O)NCc2cccc(CN3CCCCC3)c2)Cc2ccccc21. The van der Waals surface area contributed by atoms with Crippen LogP contribution in [0.4, 0.5) is 5.69 Å². The van der Waals surface area contributed by atoms with Crippen LogP contribution < -0.4 is 10.2 Å². The van der Waals surface area contributed by atoms with Crippen LogP contribution in [0.5, 0.6) is 0 Å². The Morgan fingerprint density at radius 1 is 0.757 bits per heavy atom. The van der Waals surface area contributed by atoms with E-state index in [-0.39, 0.29) is 11.8 Å². The number of hydrogen-bond acceptors (Lipinski definition) is 4. The van der Waals surface area contributed by atoms with E-state index in [1.165, 1.54) is 44.3 Å². The molecule has 2 aromatic rings. The highest BCUT2D eigenvalue weighted by molar-refractivity contribution is 5.92. The minimum atomic E-state index is 0.0504. The van der Waals surface area contributed by atoms with Crippen LogP contribution in [0, 0.1) is 0 Å². The molecular formula is C31H44N4O2. The van der Waals surface area contributed by atoms with Crippen LogP contribution in [0.2, 0.25) is 0 Å². The Morgan fingerprint density at radius 3 is 2.19 bits per heavy atom. The summed E-state index contributed by atoms with van der Waals surface area (Å²) in [6.45, 7) is 8.22. The number of piperidine rings is 1. The van der Waals surface area contributed by atoms with Crippen LogP contribution in [-0.2, 0) is 29.2 Å². The molecule has 0 radical (unpaired) electrons. The number of nitrogens with one attached hydrogen (secondary N) is 1. The van der Waals surface area contributed by atoms with E-state index >= 15 is 0 Å². The quantitative estimate of drug-likeness (QED) is 0.594. The summed E-state index contributed by atoms with van der Waals surface area (Å²) in [5.74, 6) is 0.130. The van der Waals surface area contributed by atoms with E-state index in [0.29, 0.717) is 19.6 Å². The molecule has 2 aliphatic rings. The summed E-state index contributed by atoms with van der Waals surface area (Å²) >= 11 is 0. The van der Waals surface area contributed by atoms with Crippen molar-refractivity contribution in [3.63, 3.8) is 0 Å². The molecule has 0 aromatic heterocycles. The van der Waals surface area contributed by atoms with Crippen molar-refractivity contribution in [3.05, 3.63) is 65.2 Å². The molecule has 2 heterocycles. The van der Waals surface area contributed by atoms with Gasteiger partial charge in [-0.2, -0.15) is 0 Å². The number of anilines is 1. The van der Waals surface area contributed by atoms with Crippen molar-refractivity contribution < 1.29 is 9.59 Å². The van der Waals surface area contributed by atoms with Gasteiger partial charge < -0.3 is 10.2 Å². The molecule has 0 spiro atoms. The molecule has 2 aliphatic heterocycles. The van der Waals surface area contributed by atoms with Crippen LogP contribution in [0.25, 0.3) is 0 Å². The molecule has 200 valence electrons. The van der Waals surface area contributed by atoms with Gasteiger partial charge in [0.2, 0.25) is 11.8 Å². The first-order valence-corrected chi connectivity index (χ1v) is 14.2. The fourth-order valence-corrected chi connectivity index (χ4v) is 5.62. The van der Waals surface area contributed by atoms with E-state index in [2.05, 4.69) is 45.4 Å². The van der Waals surface area contributed by atoms with E-state index in [4.69, 9.17) is 0 Å². The van der Waals surface area contributed by atoms with Gasteiger partial charge in [-0.3, -0.25) is 19.4 Å². The number of hydrogen-bond donors (Lipinski definition) is 1. The second-order valence-corrected chi connectivity index (χ2v) is 10.7. The van der Waals surface area contributed by atoms with Crippen molar-refractivity contribution in [1.82, 2.24) is 15.1 Å². The molecule has 2 amide bonds. The van der Waals surface area contributed by atoms with Crippen LogP contribution in [-0.4, -0.2) is 54.3 Å². The van der Waals surface area contributed by atoms with Gasteiger partial charge in [-0.05, 0) is 68.1 Å². The molecule has 0 unspecified atom stereocenters. The topological polar surface area (TPSA) is 55.9 Å². The Labute approximate surface area is 223 Å². The highest BCUT2D eigenvalue weighted by Crippen LogP contribution is 2.24. The maximum atomic E-state index is 13.0. The van der Waals surface area contributed by atoms with Gasteiger partial charge in [-0.15, -0.1) is 0 Å². The molecule has 0 saturated carbocycles. The van der Waals surface area contributed by atoms with Gasteiger partial charge >= 0.3 is 0 Å². The standard InChI is InChI=1S/C31H44N4O2/c1-26(36)35-20-11-4-2-3-8-19-34(24-29-15-6-7-16-30(29)35)25-31(37)32-22-27-13-12-14-28(21-27)23-33-17-9-5-10-18-33/h6-7,12-16,21H,2-5,8-11,17-20,22-25H2,1H3,(H,32,37). The van der Waals surface area contributed by atoms with E-state index in [0.717, 1.165) is 62.1 Å². The number of para-hydroxylation sites is 1. The van der Waals surface area contributed by atoms with E-state index < -0.39 is 0 Å². The third-order valence-corrected chi connectivity index (χ3v) is 7.62. The number of nitrogens with zero attached hydrogens (tertiary/aromatic N) is 3. The number of amides is 2. The van der Waals surface area contributed by atoms with Gasteiger partial charge in [0.25, 0.3) is 0 Å². The molecule has 6 heteroatoms. The number of likely N-dealkylation sites (tertiary alicyclic amines) is 1. The summed E-state index contributed by atoms with van der Waals surface area (Å²) in [5, 5.41) is 3.16. The van der Waals surface area contributed by atoms with E-state index in [1.54, 1.807) is 6.92 Å². The maximum Gasteiger partial charge on any atom is 0.234 e. The summed E-state index contributed by atoms with van der Waals surface area (Å²) in [5.41, 5.74) is 4.56. The molecule has 1 fully saturated rings. The Bertz CT molecular complexity index is 1020. The lowest BCUT2D eigenvalue weighted by Gasteiger charge is -2.28. The fraction of sp³-hybridized carbons (Fsp3) is 0.548. The van der Waals surface area contributed by atoms with Gasteiger partial charge in [0.15, 0.2) is 0 Å². The second-order valence-electron chi connectivity index (χ2n) is 10.7. The zero-order valence-electron chi connectivity index (χ0n) is 22.6. The average Bonchev–Trinajstić information content (AvgIpc) is 2.89. The van der Waals surface area contributed by atoms with Crippen molar-refractivity contribution >= 4 is 17.5 Å². The summed E-state index contributed by atoms with van der Waals surface area (Å²) in [7, 11) is 0. The first kappa shape index (κ1) is 27.3. The van der Waals surface area contributed by atoms with Crippen molar-refractivity contribution in [2.75, 3.05) is 37.6 Å². The normalized spacial score (nSPS) is 18.4. The Kier molecular flexibility index (Phi) is 10.6. The van der Waals surface area contributed by atoms with Crippen molar-refractivity contribution in [1.29, 1.82) is 0 Å². The Hall–Kier alpha value is -2.70. The van der Waals surface area contributed by atoms with Crippen LogP contribution >= 0.6 is 0 Å². The zero-order valence-corrected chi connectivity index (χ0v) is 22.6. The highest BCUT2D eigenvalue weighted by Gasteiger charge is 2.19. The lowest BCUT2D eigenvalue weighted by atomic mass is 10.1. The summed E-state index contributed by atoms with van der Waals surface area (Å²) in [4.78, 5) is 32.1. The second kappa shape index (κ2) is 14.3. The molecule has 4 rings (SSSR count). The third-order valence-electron chi connectivity index (χ3n) is 7.62. The number of benzene rings is 2. The molecule has 6 nitrogen and oxygen atoms in total. The number of carbonyl (C=O) groups is 2. The zero-order chi connectivity index (χ0) is 25.9. The minimum Gasteiger partial charge on any atom is -0.351 e. The molecule has 1 saturated heterocycles. The summed E-state index contributed by atoms with van der Waals surface area (Å²) < 4.78 is 0. The van der Waals surface area contributed by atoms with E-state index in [1.807, 2.05) is 23.1 Å². The molecular weight excluding hydrogens is 460 g/mol. The average molecular weight is 505 g/mol. The van der Waals surface area contributed by atoms with Crippen molar-refractivity contribution in [3.8, 4) is 0 Å². The predicted molar refractivity (Wildman–Crippen MR) is 150 cm³/mol. The fourth-order valence-electron chi connectivity index (χ4n) is 5.62. The number of fused-ring (bicyclic) bond motifs is 1. The van der Waals surface area contributed by atoms with Crippen LogP contribution in [0.1, 0.15) is 75.0 Å². The molecule has 0 aliphatic carbocycles.